The summed E-state index contributed by atoms with van der Waals surface area (Å²) in [7, 11) is 0. The van der Waals surface area contributed by atoms with Gasteiger partial charge in [-0.2, -0.15) is 8.78 Å². The summed E-state index contributed by atoms with van der Waals surface area (Å²) >= 11 is 1.40. The second-order valence-corrected chi connectivity index (χ2v) is 7.19. The maximum absolute atomic E-state index is 12.4. The second kappa shape index (κ2) is 8.50. The van der Waals surface area contributed by atoms with Crippen molar-refractivity contribution in [2.45, 2.75) is 19.2 Å². The Hall–Kier alpha value is -3.10. The molecule has 4 aromatic rings. The first-order chi connectivity index (χ1) is 14.1. The van der Waals surface area contributed by atoms with Gasteiger partial charge < -0.3 is 10.1 Å². The van der Waals surface area contributed by atoms with Crippen molar-refractivity contribution in [1.82, 2.24) is 14.7 Å². The first-order valence-corrected chi connectivity index (χ1v) is 9.77. The molecular formula is C21H17F2N3O2S. The lowest BCUT2D eigenvalue weighted by atomic mass is 9.98. The first-order valence-electron chi connectivity index (χ1n) is 8.89. The minimum atomic E-state index is -2.86. The van der Waals surface area contributed by atoms with E-state index < -0.39 is 6.61 Å². The van der Waals surface area contributed by atoms with Gasteiger partial charge >= 0.3 is 6.61 Å². The quantitative estimate of drug-likeness (QED) is 0.493. The molecule has 0 bridgehead atoms. The van der Waals surface area contributed by atoms with Crippen molar-refractivity contribution in [3.8, 4) is 5.75 Å². The van der Waals surface area contributed by atoms with Crippen LogP contribution in [-0.4, -0.2) is 16.0 Å². The molecular weight excluding hydrogens is 396 g/mol. The summed E-state index contributed by atoms with van der Waals surface area (Å²) in [5.74, 6) is 0.105. The van der Waals surface area contributed by atoms with Crippen molar-refractivity contribution in [1.29, 1.82) is 0 Å². The molecule has 0 spiro atoms. The first kappa shape index (κ1) is 19.2. The van der Waals surface area contributed by atoms with Crippen molar-refractivity contribution in [3.63, 3.8) is 0 Å². The van der Waals surface area contributed by atoms with Gasteiger partial charge in [-0.1, -0.05) is 42.5 Å². The highest BCUT2D eigenvalue weighted by Crippen LogP contribution is 2.25. The lowest BCUT2D eigenvalue weighted by molar-refractivity contribution is -0.0498. The lowest BCUT2D eigenvalue weighted by Gasteiger charge is -2.20. The summed E-state index contributed by atoms with van der Waals surface area (Å²) in [6.07, 6.45) is 1.70. The van der Waals surface area contributed by atoms with Crippen LogP contribution in [0.4, 0.5) is 8.78 Å². The van der Waals surface area contributed by atoms with E-state index in [1.807, 2.05) is 35.7 Å². The third kappa shape index (κ3) is 4.49. The smallest absolute Gasteiger partial charge is 0.387 e. The van der Waals surface area contributed by atoms with Gasteiger partial charge in [0, 0.05) is 24.2 Å². The normalized spacial score (nSPS) is 12.4. The van der Waals surface area contributed by atoms with Crippen LogP contribution >= 0.6 is 11.3 Å². The summed E-state index contributed by atoms with van der Waals surface area (Å²) in [6.45, 7) is -2.49. The molecule has 148 valence electrons. The van der Waals surface area contributed by atoms with Crippen molar-refractivity contribution in [2.24, 2.45) is 0 Å². The monoisotopic (exact) mass is 413 g/mol. The van der Waals surface area contributed by atoms with Gasteiger partial charge in [0.15, 0.2) is 4.96 Å². The van der Waals surface area contributed by atoms with Crippen LogP contribution in [-0.2, 0) is 6.54 Å². The standard InChI is InChI=1S/C21H17F2N3O2S/c22-20(23)28-17-8-6-15(7-9-17)19(14-4-2-1-3-5-14)24-13-16-12-18(27)26-10-11-29-21(26)25-16/h1-12,19-20,24H,13H2/t19-/m1/s1. The van der Waals surface area contributed by atoms with Gasteiger partial charge in [-0.3, -0.25) is 9.20 Å². The van der Waals surface area contributed by atoms with Crippen molar-refractivity contribution in [2.75, 3.05) is 0 Å². The summed E-state index contributed by atoms with van der Waals surface area (Å²) in [6, 6.07) is 17.6. The molecule has 0 aliphatic carbocycles. The summed E-state index contributed by atoms with van der Waals surface area (Å²) < 4.78 is 30.7. The maximum Gasteiger partial charge on any atom is 0.387 e. The highest BCUT2D eigenvalue weighted by molar-refractivity contribution is 7.15. The topological polar surface area (TPSA) is 55.6 Å². The van der Waals surface area contributed by atoms with E-state index in [1.165, 1.54) is 33.9 Å². The molecule has 5 nitrogen and oxygen atoms in total. The predicted molar refractivity (Wildman–Crippen MR) is 108 cm³/mol. The SMILES string of the molecule is O=c1cc(CN[C@H](c2ccccc2)c2ccc(OC(F)F)cc2)nc2sccn12. The Kier molecular flexibility index (Phi) is 5.64. The Balaban J connectivity index is 1.59. The number of benzene rings is 2. The average molecular weight is 413 g/mol. The molecule has 29 heavy (non-hydrogen) atoms. The van der Waals surface area contributed by atoms with Gasteiger partial charge in [0.1, 0.15) is 5.75 Å². The molecule has 0 saturated heterocycles. The molecule has 1 atom stereocenters. The third-order valence-electron chi connectivity index (χ3n) is 4.42. The lowest BCUT2D eigenvalue weighted by Crippen LogP contribution is -2.24. The minimum absolute atomic E-state index is 0.105. The average Bonchev–Trinajstić information content (AvgIpc) is 3.19. The number of thiazole rings is 1. The number of ether oxygens (including phenoxy) is 1. The molecule has 2 aromatic heterocycles. The molecule has 0 unspecified atom stereocenters. The molecule has 8 heteroatoms. The van der Waals surface area contributed by atoms with Crippen molar-refractivity contribution >= 4 is 16.3 Å². The number of alkyl halides is 2. The molecule has 0 amide bonds. The van der Waals surface area contributed by atoms with E-state index in [0.717, 1.165) is 11.1 Å². The van der Waals surface area contributed by atoms with Gasteiger partial charge in [-0.25, -0.2) is 4.98 Å². The molecule has 0 fully saturated rings. The molecule has 2 aromatic carbocycles. The van der Waals surface area contributed by atoms with E-state index in [9.17, 15) is 13.6 Å². The minimum Gasteiger partial charge on any atom is -0.435 e. The van der Waals surface area contributed by atoms with Gasteiger partial charge in [0.25, 0.3) is 5.56 Å². The van der Waals surface area contributed by atoms with Gasteiger partial charge in [-0.05, 0) is 23.3 Å². The van der Waals surface area contributed by atoms with Crippen molar-refractivity contribution in [3.05, 3.63) is 99.4 Å². The van der Waals surface area contributed by atoms with Crippen LogP contribution in [0.25, 0.3) is 4.96 Å². The number of hydrogen-bond donors (Lipinski definition) is 1. The Morgan fingerprint density at radius 3 is 2.52 bits per heavy atom. The number of nitrogens with zero attached hydrogens (tertiary/aromatic N) is 2. The number of fused-ring (bicyclic) bond motifs is 1. The summed E-state index contributed by atoms with van der Waals surface area (Å²) in [5, 5.41) is 5.23. The van der Waals surface area contributed by atoms with Crippen LogP contribution in [0.2, 0.25) is 0 Å². The van der Waals surface area contributed by atoms with Crippen LogP contribution in [0.15, 0.2) is 77.0 Å². The summed E-state index contributed by atoms with van der Waals surface area (Å²) in [5.41, 5.74) is 2.39. The Morgan fingerprint density at radius 1 is 1.07 bits per heavy atom. The summed E-state index contributed by atoms with van der Waals surface area (Å²) in [4.78, 5) is 17.4. The van der Waals surface area contributed by atoms with Gasteiger partial charge in [0.2, 0.25) is 0 Å². The molecule has 0 aliphatic rings. The Bertz CT molecular complexity index is 1140. The van der Waals surface area contributed by atoms with Crippen LogP contribution in [0.3, 0.4) is 0 Å². The largest absolute Gasteiger partial charge is 0.435 e. The van der Waals surface area contributed by atoms with E-state index in [2.05, 4.69) is 15.0 Å². The van der Waals surface area contributed by atoms with E-state index in [0.29, 0.717) is 17.2 Å². The van der Waals surface area contributed by atoms with E-state index in [1.54, 1.807) is 18.3 Å². The van der Waals surface area contributed by atoms with Crippen LogP contribution in [0.5, 0.6) is 5.75 Å². The zero-order valence-electron chi connectivity index (χ0n) is 15.2. The second-order valence-electron chi connectivity index (χ2n) is 6.31. The molecule has 0 saturated carbocycles. The fraction of sp³-hybridized carbons (Fsp3) is 0.143. The zero-order chi connectivity index (χ0) is 20.2. The highest BCUT2D eigenvalue weighted by Gasteiger charge is 2.15. The van der Waals surface area contributed by atoms with Crippen LogP contribution < -0.4 is 15.6 Å². The molecule has 4 rings (SSSR count). The molecule has 0 aliphatic heterocycles. The Morgan fingerprint density at radius 2 is 1.79 bits per heavy atom. The number of hydrogen-bond acceptors (Lipinski definition) is 5. The fourth-order valence-corrected chi connectivity index (χ4v) is 3.84. The van der Waals surface area contributed by atoms with Crippen LogP contribution in [0, 0.1) is 0 Å². The molecule has 2 heterocycles. The number of nitrogens with one attached hydrogen (secondary N) is 1. The highest BCUT2D eigenvalue weighted by atomic mass is 32.1. The Labute approximate surface area is 169 Å². The van der Waals surface area contributed by atoms with E-state index in [4.69, 9.17) is 0 Å². The third-order valence-corrected chi connectivity index (χ3v) is 5.17. The van der Waals surface area contributed by atoms with Crippen LogP contribution in [0.1, 0.15) is 22.9 Å². The number of rotatable bonds is 7. The maximum atomic E-state index is 12.4. The number of halogens is 2. The zero-order valence-corrected chi connectivity index (χ0v) is 16.0. The predicted octanol–water partition coefficient (Wildman–Crippen LogP) is 4.24. The van der Waals surface area contributed by atoms with Crippen molar-refractivity contribution < 1.29 is 13.5 Å². The number of aromatic nitrogens is 2. The van der Waals surface area contributed by atoms with E-state index in [-0.39, 0.29) is 17.4 Å². The van der Waals surface area contributed by atoms with Gasteiger partial charge in [0.05, 0.1) is 11.7 Å². The van der Waals surface area contributed by atoms with E-state index >= 15 is 0 Å². The molecule has 1 N–H and O–H groups in total. The fourth-order valence-electron chi connectivity index (χ4n) is 3.10. The molecule has 0 radical (unpaired) electrons. The van der Waals surface area contributed by atoms with Gasteiger partial charge in [-0.15, -0.1) is 11.3 Å².